The van der Waals surface area contributed by atoms with Crippen LogP contribution in [-0.2, 0) is 25.7 Å². The van der Waals surface area contributed by atoms with Gasteiger partial charge < -0.3 is 25.0 Å². The molecule has 2 atom stereocenters. The Kier molecular flexibility index (Phi) is 7.57. The lowest BCUT2D eigenvalue weighted by atomic mass is 10.1. The summed E-state index contributed by atoms with van der Waals surface area (Å²) in [4.78, 5) is 38.6. The van der Waals surface area contributed by atoms with E-state index in [0.29, 0.717) is 31.1 Å². The molecule has 33 heavy (non-hydrogen) atoms. The smallest absolute Gasteiger partial charge is 0.258 e. The number of carbonyl (C=O) groups excluding carboxylic acids is 3. The van der Waals surface area contributed by atoms with Gasteiger partial charge in [-0.15, -0.1) is 0 Å². The average molecular weight is 452 g/mol. The fourth-order valence-electron chi connectivity index (χ4n) is 4.02. The highest BCUT2D eigenvalue weighted by Gasteiger charge is 2.35. The lowest BCUT2D eigenvalue weighted by Gasteiger charge is -2.18. The molecule has 2 aliphatic heterocycles. The Balaban J connectivity index is 1.22. The number of nitrogens with one attached hydrogen (secondary N) is 2. The molecular weight excluding hydrogens is 422 g/mol. The first-order valence-corrected chi connectivity index (χ1v) is 11.3. The Morgan fingerprint density at radius 3 is 2.58 bits per heavy atom. The van der Waals surface area contributed by atoms with Crippen LogP contribution in [0.5, 0.6) is 5.75 Å². The molecule has 8 nitrogen and oxygen atoms in total. The third-order valence-electron chi connectivity index (χ3n) is 5.87. The van der Waals surface area contributed by atoms with Crippen molar-refractivity contribution >= 4 is 23.4 Å². The van der Waals surface area contributed by atoms with Crippen LogP contribution in [0, 0.1) is 5.92 Å². The molecule has 8 heteroatoms. The maximum atomic E-state index is 12.5. The summed E-state index contributed by atoms with van der Waals surface area (Å²) >= 11 is 0. The molecule has 174 valence electrons. The van der Waals surface area contributed by atoms with Gasteiger partial charge in [0.05, 0.1) is 12.0 Å². The van der Waals surface area contributed by atoms with Gasteiger partial charge in [-0.2, -0.15) is 0 Å². The Labute approximate surface area is 193 Å². The van der Waals surface area contributed by atoms with Crippen molar-refractivity contribution in [1.82, 2.24) is 10.6 Å². The van der Waals surface area contributed by atoms with Crippen LogP contribution in [-0.4, -0.2) is 50.1 Å². The van der Waals surface area contributed by atoms with Gasteiger partial charge in [-0.3, -0.25) is 14.4 Å². The van der Waals surface area contributed by atoms with Gasteiger partial charge in [-0.1, -0.05) is 30.3 Å². The van der Waals surface area contributed by atoms with Crippen LogP contribution in [0.1, 0.15) is 24.8 Å². The van der Waals surface area contributed by atoms with Gasteiger partial charge in [0.2, 0.25) is 11.8 Å². The van der Waals surface area contributed by atoms with E-state index in [4.69, 9.17) is 9.47 Å². The molecule has 0 radical (unpaired) electrons. The number of benzene rings is 2. The Hall–Kier alpha value is -3.39. The lowest BCUT2D eigenvalue weighted by Crippen LogP contribution is -2.37. The highest BCUT2D eigenvalue weighted by molar-refractivity contribution is 6.00. The molecule has 0 bridgehead atoms. The molecule has 0 unspecified atom stereocenters. The number of carbonyl (C=O) groups is 3. The van der Waals surface area contributed by atoms with Gasteiger partial charge in [0.25, 0.3) is 5.91 Å². The lowest BCUT2D eigenvalue weighted by molar-refractivity contribution is -0.126. The van der Waals surface area contributed by atoms with Crippen LogP contribution in [0.25, 0.3) is 0 Å². The molecule has 3 amide bonds. The van der Waals surface area contributed by atoms with Crippen LogP contribution in [0.4, 0.5) is 5.69 Å². The zero-order chi connectivity index (χ0) is 23.0. The van der Waals surface area contributed by atoms with Gasteiger partial charge in [-0.05, 0) is 42.7 Å². The fraction of sp³-hybridized carbons (Fsp3) is 0.400. The van der Waals surface area contributed by atoms with E-state index in [1.54, 1.807) is 29.2 Å². The second-order valence-corrected chi connectivity index (χ2v) is 8.33. The van der Waals surface area contributed by atoms with Gasteiger partial charge in [-0.25, -0.2) is 0 Å². The van der Waals surface area contributed by atoms with Crippen LogP contribution >= 0.6 is 0 Å². The summed E-state index contributed by atoms with van der Waals surface area (Å²) in [5.74, 6) is -0.243. The predicted octanol–water partition coefficient (Wildman–Crippen LogP) is 2.03. The summed E-state index contributed by atoms with van der Waals surface area (Å²) in [7, 11) is 0. The standard InChI is InChI=1S/C25H29N3O5/c29-23(26-14-18-5-2-1-3-6-18)17-33-21-10-8-20(9-11-21)28-16-19(13-24(28)30)25(31)27-15-22-7-4-12-32-22/h1-3,5-6,8-11,19,22H,4,7,12-17H2,(H,26,29)(H,27,31)/t19-,22-/m1/s1. The highest BCUT2D eigenvalue weighted by Crippen LogP contribution is 2.27. The normalized spacial score (nSPS) is 20.0. The van der Waals surface area contributed by atoms with Crippen LogP contribution < -0.4 is 20.3 Å². The molecule has 2 aliphatic rings. The van der Waals surface area contributed by atoms with Crippen LogP contribution in [0.15, 0.2) is 54.6 Å². The fourth-order valence-corrected chi connectivity index (χ4v) is 4.02. The van der Waals surface area contributed by atoms with Crippen molar-refractivity contribution in [3.8, 4) is 5.75 Å². The molecule has 2 saturated heterocycles. The molecule has 2 N–H and O–H groups in total. The van der Waals surface area contributed by atoms with E-state index in [9.17, 15) is 14.4 Å². The number of rotatable bonds is 9. The molecule has 0 aliphatic carbocycles. The van der Waals surface area contributed by atoms with E-state index in [1.807, 2.05) is 30.3 Å². The van der Waals surface area contributed by atoms with Crippen molar-refractivity contribution in [3.05, 3.63) is 60.2 Å². The summed E-state index contributed by atoms with van der Waals surface area (Å²) < 4.78 is 11.1. The molecular formula is C25H29N3O5. The third kappa shape index (κ3) is 6.32. The minimum atomic E-state index is -0.372. The number of hydrogen-bond acceptors (Lipinski definition) is 5. The maximum Gasteiger partial charge on any atom is 0.258 e. The quantitative estimate of drug-likeness (QED) is 0.608. The maximum absolute atomic E-state index is 12.5. The molecule has 4 rings (SSSR count). The molecule has 0 spiro atoms. The number of ether oxygens (including phenoxy) is 2. The van der Waals surface area contributed by atoms with Crippen LogP contribution in [0.3, 0.4) is 0 Å². The molecule has 2 fully saturated rings. The van der Waals surface area contributed by atoms with E-state index in [1.165, 1.54) is 0 Å². The first-order chi connectivity index (χ1) is 16.1. The molecule has 0 saturated carbocycles. The number of nitrogens with zero attached hydrogens (tertiary/aromatic N) is 1. The minimum absolute atomic E-state index is 0.0788. The first-order valence-electron chi connectivity index (χ1n) is 11.3. The molecule has 2 aromatic carbocycles. The topological polar surface area (TPSA) is 97.0 Å². The number of hydrogen-bond donors (Lipinski definition) is 2. The largest absolute Gasteiger partial charge is 0.484 e. The monoisotopic (exact) mass is 451 g/mol. The van der Waals surface area contributed by atoms with Crippen molar-refractivity contribution in [1.29, 1.82) is 0 Å². The van der Waals surface area contributed by atoms with E-state index in [0.717, 1.165) is 25.0 Å². The first kappa shape index (κ1) is 22.8. The third-order valence-corrected chi connectivity index (χ3v) is 5.87. The summed E-state index contributed by atoms with van der Waals surface area (Å²) in [6, 6.07) is 16.6. The summed E-state index contributed by atoms with van der Waals surface area (Å²) in [5.41, 5.74) is 1.72. The van der Waals surface area contributed by atoms with Gasteiger partial charge in [0, 0.05) is 38.3 Å². The molecule has 0 aromatic heterocycles. The van der Waals surface area contributed by atoms with Crippen molar-refractivity contribution in [2.75, 3.05) is 31.2 Å². The van der Waals surface area contributed by atoms with E-state index < -0.39 is 0 Å². The van der Waals surface area contributed by atoms with E-state index in [2.05, 4.69) is 10.6 Å². The zero-order valence-electron chi connectivity index (χ0n) is 18.5. The van der Waals surface area contributed by atoms with Crippen molar-refractivity contribution in [3.63, 3.8) is 0 Å². The van der Waals surface area contributed by atoms with E-state index >= 15 is 0 Å². The Morgan fingerprint density at radius 2 is 1.85 bits per heavy atom. The highest BCUT2D eigenvalue weighted by atomic mass is 16.5. The van der Waals surface area contributed by atoms with Crippen molar-refractivity contribution in [2.45, 2.75) is 31.9 Å². The minimum Gasteiger partial charge on any atom is -0.484 e. The summed E-state index contributed by atoms with van der Waals surface area (Å²) in [5, 5.41) is 5.73. The van der Waals surface area contributed by atoms with Crippen molar-refractivity contribution in [2.24, 2.45) is 5.92 Å². The predicted molar refractivity (Wildman–Crippen MR) is 123 cm³/mol. The van der Waals surface area contributed by atoms with Crippen molar-refractivity contribution < 1.29 is 23.9 Å². The number of amides is 3. The summed E-state index contributed by atoms with van der Waals surface area (Å²) in [6.07, 6.45) is 2.25. The number of anilines is 1. The second-order valence-electron chi connectivity index (χ2n) is 8.33. The van der Waals surface area contributed by atoms with Gasteiger partial charge in [0.15, 0.2) is 6.61 Å². The van der Waals surface area contributed by atoms with E-state index in [-0.39, 0.29) is 42.8 Å². The van der Waals surface area contributed by atoms with Gasteiger partial charge in [0.1, 0.15) is 5.75 Å². The zero-order valence-corrected chi connectivity index (χ0v) is 18.5. The average Bonchev–Trinajstić information content (AvgIpc) is 3.51. The second kappa shape index (κ2) is 11.0. The Bertz CT molecular complexity index is 958. The van der Waals surface area contributed by atoms with Gasteiger partial charge >= 0.3 is 0 Å². The SMILES string of the molecule is O=C(COc1ccc(N2C[C@H](C(=O)NC[C@H]3CCCO3)CC2=O)cc1)NCc1ccccc1. The van der Waals surface area contributed by atoms with Crippen LogP contribution in [0.2, 0.25) is 0 Å². The molecule has 2 heterocycles. The summed E-state index contributed by atoms with van der Waals surface area (Å²) in [6.45, 7) is 1.93. The Morgan fingerprint density at radius 1 is 1.06 bits per heavy atom. The molecule has 2 aromatic rings.